The van der Waals surface area contributed by atoms with Crippen LogP contribution >= 0.6 is 0 Å². The van der Waals surface area contributed by atoms with Gasteiger partial charge in [0.2, 0.25) is 18.1 Å². The molecule has 1 N–H and O–H groups in total. The summed E-state index contributed by atoms with van der Waals surface area (Å²) >= 11 is 0. The Labute approximate surface area is 174 Å². The Morgan fingerprint density at radius 1 is 1.16 bits per heavy atom. The van der Waals surface area contributed by atoms with Crippen molar-refractivity contribution < 1.29 is 52.9 Å². The highest BCUT2D eigenvalue weighted by Gasteiger charge is 2.53. The second-order valence-corrected chi connectivity index (χ2v) is 6.31. The van der Waals surface area contributed by atoms with Crippen LogP contribution in [0.4, 0.5) is 5.69 Å². The van der Waals surface area contributed by atoms with Gasteiger partial charge in [-0.1, -0.05) is 0 Å². The zero-order valence-electron chi connectivity index (χ0n) is 16.6. The van der Waals surface area contributed by atoms with Crippen molar-refractivity contribution in [3.63, 3.8) is 0 Å². The van der Waals surface area contributed by atoms with Gasteiger partial charge in [0.25, 0.3) is 0 Å². The van der Waals surface area contributed by atoms with E-state index in [2.05, 4.69) is 4.74 Å². The third kappa shape index (κ3) is 5.52. The van der Waals surface area contributed by atoms with Gasteiger partial charge in [0.15, 0.2) is 12.2 Å². The van der Waals surface area contributed by atoms with Crippen molar-refractivity contribution in [3.05, 3.63) is 33.9 Å². The van der Waals surface area contributed by atoms with E-state index in [1.807, 2.05) is 0 Å². The Morgan fingerprint density at radius 3 is 2.29 bits per heavy atom. The maximum atomic E-state index is 12.0. The van der Waals surface area contributed by atoms with Gasteiger partial charge in [-0.3, -0.25) is 24.5 Å². The molecule has 13 heteroatoms. The van der Waals surface area contributed by atoms with E-state index in [9.17, 15) is 34.4 Å². The molecular weight excluding hydrogens is 422 g/mol. The predicted molar refractivity (Wildman–Crippen MR) is 96.9 cm³/mol. The van der Waals surface area contributed by atoms with Crippen LogP contribution in [0, 0.1) is 10.1 Å². The van der Waals surface area contributed by atoms with Crippen molar-refractivity contribution in [1.82, 2.24) is 0 Å². The Hall–Kier alpha value is -3.58. The number of carbonyl (C=O) groups is 4. The van der Waals surface area contributed by atoms with Gasteiger partial charge in [-0.2, -0.15) is 0 Å². The summed E-state index contributed by atoms with van der Waals surface area (Å²) in [5.74, 6) is -3.31. The average molecular weight is 441 g/mol. The van der Waals surface area contributed by atoms with Crippen molar-refractivity contribution >= 4 is 29.9 Å². The molecule has 1 aromatic carbocycles. The second kappa shape index (κ2) is 9.95. The van der Waals surface area contributed by atoms with Crippen LogP contribution in [0.15, 0.2) is 18.2 Å². The molecule has 0 amide bonds. The maximum absolute atomic E-state index is 12.0. The van der Waals surface area contributed by atoms with E-state index in [4.69, 9.17) is 18.9 Å². The molecule has 168 valence electrons. The van der Waals surface area contributed by atoms with Crippen LogP contribution in [0.3, 0.4) is 0 Å². The number of carbonyl (C=O) groups excluding carboxylic acids is 4. The second-order valence-electron chi connectivity index (χ2n) is 6.31. The van der Waals surface area contributed by atoms with Crippen molar-refractivity contribution in [1.29, 1.82) is 0 Å². The van der Waals surface area contributed by atoms with Crippen molar-refractivity contribution in [3.8, 4) is 5.75 Å². The van der Waals surface area contributed by atoms with E-state index in [0.29, 0.717) is 6.29 Å². The zero-order chi connectivity index (χ0) is 23.3. The fourth-order valence-electron chi connectivity index (χ4n) is 2.85. The highest BCUT2D eigenvalue weighted by atomic mass is 16.7. The first-order chi connectivity index (χ1) is 14.6. The molecule has 1 fully saturated rings. The van der Waals surface area contributed by atoms with E-state index in [0.717, 1.165) is 33.1 Å². The minimum Gasteiger partial charge on any atom is -0.467 e. The number of esters is 3. The van der Waals surface area contributed by atoms with Gasteiger partial charge >= 0.3 is 23.6 Å². The summed E-state index contributed by atoms with van der Waals surface area (Å²) < 4.78 is 25.5. The molecule has 5 atom stereocenters. The fourth-order valence-corrected chi connectivity index (χ4v) is 2.85. The molecule has 13 nitrogen and oxygen atoms in total. The fraction of sp³-hybridized carbons (Fsp3) is 0.444. The van der Waals surface area contributed by atoms with E-state index >= 15 is 0 Å². The smallest absolute Gasteiger partial charge is 0.338 e. The molecule has 1 heterocycles. The first-order valence-electron chi connectivity index (χ1n) is 8.75. The molecule has 1 saturated heterocycles. The van der Waals surface area contributed by atoms with Crippen LogP contribution in [0.1, 0.15) is 24.2 Å². The Kier molecular flexibility index (Phi) is 7.61. The number of nitro benzene ring substituents is 1. The lowest BCUT2D eigenvalue weighted by atomic mass is 9.98. The molecule has 0 aromatic heterocycles. The zero-order valence-corrected chi connectivity index (χ0v) is 16.6. The number of aliphatic hydroxyl groups excluding tert-OH is 1. The predicted octanol–water partition coefficient (Wildman–Crippen LogP) is -0.0917. The van der Waals surface area contributed by atoms with Crippen molar-refractivity contribution in [2.24, 2.45) is 0 Å². The summed E-state index contributed by atoms with van der Waals surface area (Å²) in [6, 6.07) is 3.20. The number of hydrogen-bond acceptors (Lipinski definition) is 12. The monoisotopic (exact) mass is 441 g/mol. The lowest BCUT2D eigenvalue weighted by Crippen LogP contribution is -2.63. The first-order valence-corrected chi connectivity index (χ1v) is 8.75. The highest BCUT2D eigenvalue weighted by Crippen LogP contribution is 2.33. The molecule has 31 heavy (non-hydrogen) atoms. The largest absolute Gasteiger partial charge is 0.467 e. The van der Waals surface area contributed by atoms with Crippen LogP contribution in [-0.4, -0.2) is 72.0 Å². The molecule has 0 saturated carbocycles. The summed E-state index contributed by atoms with van der Waals surface area (Å²) in [6.07, 6.45) is -8.20. The molecule has 1 aliphatic rings. The van der Waals surface area contributed by atoms with Gasteiger partial charge in [-0.15, -0.1) is 0 Å². The van der Waals surface area contributed by atoms with Crippen LogP contribution < -0.4 is 4.74 Å². The summed E-state index contributed by atoms with van der Waals surface area (Å²) in [5.41, 5.74) is -0.554. The SMILES string of the molecule is COC(=O)[C@H]1O[C@@H](Oc2cc(C=O)ccc2[N+](=O)[O-])[C@H](OC(C)=O)[C@@H](OC(C)=O)[C@@H]1O. The number of benzene rings is 1. The quantitative estimate of drug-likeness (QED) is 0.196. The third-order valence-corrected chi connectivity index (χ3v) is 4.12. The number of nitro groups is 1. The molecular formula is C18H19NO12. The summed E-state index contributed by atoms with van der Waals surface area (Å²) in [4.78, 5) is 56.8. The van der Waals surface area contributed by atoms with Gasteiger partial charge in [0.05, 0.1) is 12.0 Å². The number of aliphatic hydroxyl groups is 1. The van der Waals surface area contributed by atoms with Gasteiger partial charge < -0.3 is 28.8 Å². The van der Waals surface area contributed by atoms with Crippen molar-refractivity contribution in [2.45, 2.75) is 44.6 Å². The highest BCUT2D eigenvalue weighted by molar-refractivity contribution is 5.77. The Bertz CT molecular complexity index is 884. The van der Waals surface area contributed by atoms with E-state index in [1.54, 1.807) is 0 Å². The molecule has 2 rings (SSSR count). The van der Waals surface area contributed by atoms with Gasteiger partial charge in [0, 0.05) is 25.5 Å². The van der Waals surface area contributed by atoms with Gasteiger partial charge in [0.1, 0.15) is 12.4 Å². The minimum atomic E-state index is -1.82. The van der Waals surface area contributed by atoms with E-state index in [-0.39, 0.29) is 5.56 Å². The number of nitrogens with zero attached hydrogens (tertiary/aromatic N) is 1. The number of methoxy groups -OCH3 is 1. The molecule has 1 aromatic rings. The summed E-state index contributed by atoms with van der Waals surface area (Å²) in [5, 5.41) is 21.8. The van der Waals surface area contributed by atoms with Crippen LogP contribution in [0.25, 0.3) is 0 Å². The normalized spacial score (nSPS) is 25.1. The lowest BCUT2D eigenvalue weighted by Gasteiger charge is -2.41. The maximum Gasteiger partial charge on any atom is 0.338 e. The Balaban J connectivity index is 2.53. The van der Waals surface area contributed by atoms with Crippen LogP contribution in [0.5, 0.6) is 5.75 Å². The topological polar surface area (TPSA) is 178 Å². The van der Waals surface area contributed by atoms with Crippen LogP contribution in [0.2, 0.25) is 0 Å². The standard InChI is InChI=1S/C18H19NO12/c1-8(21)28-14-13(23)15(17(24)27-3)31-18(16(14)29-9(2)22)30-12-6-10(7-20)4-5-11(12)19(25)26/h4-7,13-16,18,23H,1-3H3/t13-,14-,15-,16+,18+/m0/s1. The molecule has 1 aliphatic heterocycles. The molecule has 0 unspecified atom stereocenters. The summed E-state index contributed by atoms with van der Waals surface area (Å²) in [7, 11) is 1.01. The average Bonchev–Trinajstić information content (AvgIpc) is 2.71. The summed E-state index contributed by atoms with van der Waals surface area (Å²) in [6.45, 7) is 2.02. The Morgan fingerprint density at radius 2 is 1.77 bits per heavy atom. The molecule has 0 spiro atoms. The molecule has 0 aliphatic carbocycles. The number of ether oxygens (including phenoxy) is 5. The van der Waals surface area contributed by atoms with Crippen LogP contribution in [-0.2, 0) is 33.3 Å². The third-order valence-electron chi connectivity index (χ3n) is 4.12. The van der Waals surface area contributed by atoms with E-state index < -0.39 is 65.0 Å². The lowest BCUT2D eigenvalue weighted by molar-refractivity contribution is -0.387. The molecule has 0 bridgehead atoms. The van der Waals surface area contributed by atoms with E-state index in [1.165, 1.54) is 6.07 Å². The minimum absolute atomic E-state index is 0.0153. The van der Waals surface area contributed by atoms with Crippen molar-refractivity contribution in [2.75, 3.05) is 7.11 Å². The number of aldehydes is 1. The van der Waals surface area contributed by atoms with Gasteiger partial charge in [-0.05, 0) is 12.1 Å². The number of rotatable bonds is 7. The number of hydrogen-bond donors (Lipinski definition) is 1. The first kappa shape index (κ1) is 23.7. The molecule has 0 radical (unpaired) electrons. The van der Waals surface area contributed by atoms with Gasteiger partial charge in [-0.25, -0.2) is 4.79 Å².